The molecule has 7 heteroatoms. The van der Waals surface area contributed by atoms with Crippen molar-refractivity contribution in [2.24, 2.45) is 10.9 Å². The van der Waals surface area contributed by atoms with Crippen molar-refractivity contribution >= 4 is 33.1 Å². The van der Waals surface area contributed by atoms with Crippen LogP contribution in [0.1, 0.15) is 11.1 Å². The van der Waals surface area contributed by atoms with Crippen molar-refractivity contribution in [1.82, 2.24) is 19.9 Å². The van der Waals surface area contributed by atoms with Crippen LogP contribution in [-0.2, 0) is 6.54 Å². The summed E-state index contributed by atoms with van der Waals surface area (Å²) in [4.78, 5) is 20.3. The summed E-state index contributed by atoms with van der Waals surface area (Å²) >= 11 is 0. The molecule has 0 atom stereocenters. The highest BCUT2D eigenvalue weighted by Gasteiger charge is 2.22. The molecule has 7 nitrogen and oxygen atoms in total. The van der Waals surface area contributed by atoms with E-state index in [1.54, 1.807) is 12.4 Å². The van der Waals surface area contributed by atoms with Crippen molar-refractivity contribution in [3.05, 3.63) is 200 Å². The molecule has 0 fully saturated rings. The molecule has 0 saturated carbocycles. The van der Waals surface area contributed by atoms with Crippen molar-refractivity contribution in [2.45, 2.75) is 6.54 Å². The van der Waals surface area contributed by atoms with Gasteiger partial charge in [0.15, 0.2) is 5.84 Å². The molecular formula is C48H35N7. The smallest absolute Gasteiger partial charge is 0.160 e. The van der Waals surface area contributed by atoms with Gasteiger partial charge in [-0.1, -0.05) is 97.1 Å². The van der Waals surface area contributed by atoms with E-state index in [2.05, 4.69) is 123 Å². The summed E-state index contributed by atoms with van der Waals surface area (Å²) in [7, 11) is 0. The zero-order chi connectivity index (χ0) is 37.0. The molecule has 0 aliphatic rings. The average Bonchev–Trinajstić information content (AvgIpc) is 3.27. The van der Waals surface area contributed by atoms with E-state index in [-0.39, 0.29) is 0 Å². The van der Waals surface area contributed by atoms with E-state index in [1.165, 1.54) is 0 Å². The Bertz CT molecular complexity index is 2770. The van der Waals surface area contributed by atoms with Crippen LogP contribution in [0.5, 0.6) is 0 Å². The summed E-state index contributed by atoms with van der Waals surface area (Å²) in [6, 6.07) is 52.2. The van der Waals surface area contributed by atoms with Crippen molar-refractivity contribution in [3.8, 4) is 44.8 Å². The molecule has 0 aliphatic carbocycles. The van der Waals surface area contributed by atoms with E-state index in [4.69, 9.17) is 15.8 Å². The van der Waals surface area contributed by atoms with Crippen LogP contribution in [0.2, 0.25) is 0 Å². The molecular weight excluding hydrogens is 675 g/mol. The molecule has 0 spiro atoms. The summed E-state index contributed by atoms with van der Waals surface area (Å²) in [5.74, 6) is 7.06. The quantitative estimate of drug-likeness (QED) is 0.0731. The number of para-hydroxylation sites is 1. The lowest BCUT2D eigenvalue weighted by Crippen LogP contribution is -2.32. The minimum Gasteiger partial charge on any atom is -0.321 e. The summed E-state index contributed by atoms with van der Waals surface area (Å²) in [6.45, 7) is 0.537. The fraction of sp³-hybridized carbons (Fsp3) is 0.0208. The van der Waals surface area contributed by atoms with Crippen LogP contribution in [-0.4, -0.2) is 25.8 Å². The lowest BCUT2D eigenvalue weighted by atomic mass is 9.93. The normalized spacial score (nSPS) is 11.5. The minimum absolute atomic E-state index is 0.537. The van der Waals surface area contributed by atoms with Gasteiger partial charge < -0.3 is 10.7 Å². The van der Waals surface area contributed by atoms with E-state index in [1.807, 2.05) is 73.3 Å². The number of rotatable bonds is 8. The summed E-state index contributed by atoms with van der Waals surface area (Å²) < 4.78 is 0. The Kier molecular flexibility index (Phi) is 9.00. The van der Waals surface area contributed by atoms with Gasteiger partial charge in [-0.2, -0.15) is 5.10 Å². The largest absolute Gasteiger partial charge is 0.321 e. The Hall–Kier alpha value is -7.51. The number of pyridine rings is 4. The minimum atomic E-state index is 0.537. The maximum absolute atomic E-state index is 6.40. The topological polar surface area (TPSA) is 93.2 Å². The number of aromatic nitrogens is 4. The third-order valence-electron chi connectivity index (χ3n) is 10.0. The third-order valence-corrected chi connectivity index (χ3v) is 10.0. The summed E-state index contributed by atoms with van der Waals surface area (Å²) in [5, 5.41) is 8.95. The number of benzene rings is 5. The fourth-order valence-electron chi connectivity index (χ4n) is 7.32. The lowest BCUT2D eigenvalue weighted by molar-refractivity contribution is 1.00. The molecule has 0 bridgehead atoms. The number of fused-ring (bicyclic) bond motifs is 2. The van der Waals surface area contributed by atoms with Gasteiger partial charge in [0.1, 0.15) is 0 Å². The number of anilines is 1. The van der Waals surface area contributed by atoms with Crippen molar-refractivity contribution in [1.29, 1.82) is 0 Å². The van der Waals surface area contributed by atoms with Crippen LogP contribution in [0, 0.1) is 0 Å². The predicted octanol–water partition coefficient (Wildman–Crippen LogP) is 10.6. The van der Waals surface area contributed by atoms with Crippen LogP contribution < -0.4 is 10.7 Å². The van der Waals surface area contributed by atoms with E-state index in [0.29, 0.717) is 12.4 Å². The molecule has 4 aromatic heterocycles. The molecule has 55 heavy (non-hydrogen) atoms. The first-order valence-corrected chi connectivity index (χ1v) is 18.1. The number of amidine groups is 1. The fourth-order valence-corrected chi connectivity index (χ4v) is 7.32. The molecule has 0 unspecified atom stereocenters. The van der Waals surface area contributed by atoms with Gasteiger partial charge in [0.2, 0.25) is 0 Å². The molecule has 4 heterocycles. The molecule has 262 valence electrons. The highest BCUT2D eigenvalue weighted by atomic mass is 15.3. The maximum Gasteiger partial charge on any atom is 0.160 e. The highest BCUT2D eigenvalue weighted by molar-refractivity contribution is 6.19. The van der Waals surface area contributed by atoms with Gasteiger partial charge in [-0.25, -0.2) is 0 Å². The van der Waals surface area contributed by atoms with Crippen molar-refractivity contribution < 1.29 is 0 Å². The Labute approximate surface area is 319 Å². The predicted molar refractivity (Wildman–Crippen MR) is 224 cm³/mol. The maximum atomic E-state index is 6.40. The molecule has 0 saturated heterocycles. The van der Waals surface area contributed by atoms with Crippen LogP contribution in [0.25, 0.3) is 66.3 Å². The second-order valence-electron chi connectivity index (χ2n) is 13.2. The van der Waals surface area contributed by atoms with Crippen LogP contribution >= 0.6 is 0 Å². The van der Waals surface area contributed by atoms with Gasteiger partial charge in [0.05, 0.1) is 17.9 Å². The van der Waals surface area contributed by atoms with Gasteiger partial charge in [-0.05, 0) is 92.8 Å². The second kappa shape index (κ2) is 14.8. The second-order valence-corrected chi connectivity index (χ2v) is 13.2. The number of nitrogens with two attached hydrogens (primary N) is 1. The van der Waals surface area contributed by atoms with Gasteiger partial charge in [-0.15, -0.1) is 0 Å². The zero-order valence-electron chi connectivity index (χ0n) is 29.9. The molecule has 2 N–H and O–H groups in total. The molecule has 0 aliphatic heterocycles. The average molecular weight is 710 g/mol. The number of hydrogen-bond donors (Lipinski definition) is 1. The van der Waals surface area contributed by atoms with Gasteiger partial charge in [-0.3, -0.25) is 19.9 Å². The first kappa shape index (κ1) is 33.3. The molecule has 9 rings (SSSR count). The summed E-state index contributed by atoms with van der Waals surface area (Å²) in [6.07, 6.45) is 11.1. The zero-order valence-corrected chi connectivity index (χ0v) is 29.9. The first-order valence-electron chi connectivity index (χ1n) is 18.1. The number of hydrogen-bond acceptors (Lipinski definition) is 6. The third kappa shape index (κ3) is 6.55. The van der Waals surface area contributed by atoms with Gasteiger partial charge in [0.25, 0.3) is 0 Å². The Morgan fingerprint density at radius 2 is 1.02 bits per heavy atom. The molecule has 9 aromatic rings. The highest BCUT2D eigenvalue weighted by Crippen LogP contribution is 2.36. The first-order chi connectivity index (χ1) is 27.2. The van der Waals surface area contributed by atoms with E-state index < -0.39 is 0 Å². The van der Waals surface area contributed by atoms with Crippen molar-refractivity contribution in [2.75, 3.05) is 4.90 Å². The van der Waals surface area contributed by atoms with E-state index in [9.17, 15) is 0 Å². The standard InChI is InChI=1S/C48H35N7/c49-54-48(45-23-22-41(43-16-6-7-17-44(43)45)34-20-25-47(53-31-34)36-11-9-27-51-29-36)55(38-12-2-1-3-13-38)32-37-18-21-40(42-15-5-4-14-39(37)42)33-19-24-46(52-30-33)35-10-8-26-50-28-35/h1-31H,32,49H2/b54-48-. The molecule has 5 aromatic carbocycles. The van der Waals surface area contributed by atoms with Crippen molar-refractivity contribution in [3.63, 3.8) is 0 Å². The van der Waals surface area contributed by atoms with E-state index in [0.717, 1.165) is 83.1 Å². The van der Waals surface area contributed by atoms with Crippen LogP contribution in [0.3, 0.4) is 0 Å². The Morgan fingerprint density at radius 3 is 1.56 bits per heavy atom. The van der Waals surface area contributed by atoms with Crippen LogP contribution in [0.15, 0.2) is 194 Å². The Balaban J connectivity index is 1.10. The number of nitrogens with zero attached hydrogens (tertiary/aromatic N) is 6. The molecule has 0 amide bonds. The van der Waals surface area contributed by atoms with Crippen LogP contribution in [0.4, 0.5) is 5.69 Å². The lowest BCUT2D eigenvalue weighted by Gasteiger charge is -2.28. The van der Waals surface area contributed by atoms with E-state index >= 15 is 0 Å². The van der Waals surface area contributed by atoms with Gasteiger partial charge >= 0.3 is 0 Å². The van der Waals surface area contributed by atoms with Gasteiger partial charge in [0, 0.05) is 70.7 Å². The number of hydrazone groups is 1. The monoisotopic (exact) mass is 709 g/mol. The SMILES string of the molecule is N/N=C(/c1ccc(-c2ccc(-c3cccnc3)nc2)c2ccccc12)N(Cc1ccc(-c2ccc(-c3cccnc3)nc2)c2ccccc12)c1ccccc1. The molecule has 0 radical (unpaired) electrons. The Morgan fingerprint density at radius 1 is 0.473 bits per heavy atom. The summed E-state index contributed by atoms with van der Waals surface area (Å²) in [5.41, 5.74) is 11.1.